The third-order valence-electron chi connectivity index (χ3n) is 5.25. The second-order valence-corrected chi connectivity index (χ2v) is 7.08. The molecule has 0 aliphatic carbocycles. The number of pyridine rings is 1. The second kappa shape index (κ2) is 9.82. The smallest absolute Gasteiger partial charge is 0.227 e. The van der Waals surface area contributed by atoms with Crippen LogP contribution >= 0.6 is 0 Å². The molecule has 0 saturated heterocycles. The van der Waals surface area contributed by atoms with Gasteiger partial charge >= 0.3 is 0 Å². The minimum Gasteiger partial charge on any atom is -1.00 e. The van der Waals surface area contributed by atoms with Gasteiger partial charge in [-0.1, -0.05) is 30.3 Å². The van der Waals surface area contributed by atoms with Crippen LogP contribution in [0.4, 0.5) is 0 Å². The summed E-state index contributed by atoms with van der Waals surface area (Å²) in [5, 5.41) is 0. The molecule has 0 atom stereocenters. The van der Waals surface area contributed by atoms with E-state index >= 15 is 0 Å². The van der Waals surface area contributed by atoms with Gasteiger partial charge in [0, 0.05) is 24.7 Å². The summed E-state index contributed by atoms with van der Waals surface area (Å²) in [5.41, 5.74) is 3.19. The van der Waals surface area contributed by atoms with Gasteiger partial charge in [-0.2, -0.15) is 4.57 Å². The Labute approximate surface area is 197 Å². The fourth-order valence-corrected chi connectivity index (χ4v) is 3.62. The minimum atomic E-state index is 0. The van der Waals surface area contributed by atoms with Gasteiger partial charge in [0.2, 0.25) is 12.3 Å². The zero-order valence-electron chi connectivity index (χ0n) is 18.3. The van der Waals surface area contributed by atoms with Crippen molar-refractivity contribution in [2.24, 2.45) is 7.05 Å². The number of fused-ring (bicyclic) bond motifs is 1. The molecule has 2 aromatic heterocycles. The molecule has 0 N–H and O–H groups in total. The maximum absolute atomic E-state index is 12.6. The lowest BCUT2D eigenvalue weighted by molar-refractivity contribution is -0.681. The number of imidazole rings is 1. The van der Waals surface area contributed by atoms with Crippen LogP contribution in [-0.4, -0.2) is 36.7 Å². The standard InChI is InChI=1S/C24H24N3O4.BrH/c1-26-19-10-11-27(15-20(28)16-8-6-5-7-9-16)14-18(19)25-24(26)17-12-22(30-3)23(31-4)13-21(17)29-2;/h5-14H,15H2,1-4H3;1H/q+1;/p-1. The molecule has 0 spiro atoms. The van der Waals surface area contributed by atoms with Crippen molar-refractivity contribution >= 4 is 16.8 Å². The molecule has 32 heavy (non-hydrogen) atoms. The summed E-state index contributed by atoms with van der Waals surface area (Å²) in [7, 11) is 6.73. The normalized spacial score (nSPS) is 10.5. The maximum Gasteiger partial charge on any atom is 0.227 e. The van der Waals surface area contributed by atoms with Crippen LogP contribution in [0.15, 0.2) is 60.9 Å². The van der Waals surface area contributed by atoms with Gasteiger partial charge in [0.1, 0.15) is 11.6 Å². The van der Waals surface area contributed by atoms with Crippen LogP contribution in [-0.2, 0) is 13.6 Å². The van der Waals surface area contributed by atoms with Crippen molar-refractivity contribution in [3.8, 4) is 28.6 Å². The Bertz CT molecular complexity index is 1260. The first kappa shape index (κ1) is 23.3. The van der Waals surface area contributed by atoms with Crippen molar-refractivity contribution in [1.29, 1.82) is 0 Å². The molecule has 4 aromatic rings. The molecular formula is C24H24BrN3O4. The monoisotopic (exact) mass is 497 g/mol. The van der Waals surface area contributed by atoms with Crippen LogP contribution in [0.2, 0.25) is 0 Å². The summed E-state index contributed by atoms with van der Waals surface area (Å²) in [6, 6.07) is 14.9. The lowest BCUT2D eigenvalue weighted by atomic mass is 10.1. The van der Waals surface area contributed by atoms with Gasteiger partial charge in [0.05, 0.1) is 32.4 Å². The van der Waals surface area contributed by atoms with E-state index in [0.29, 0.717) is 22.8 Å². The Morgan fingerprint density at radius 1 is 0.969 bits per heavy atom. The Morgan fingerprint density at radius 3 is 2.28 bits per heavy atom. The number of aromatic nitrogens is 3. The SMILES string of the molecule is COc1cc(OC)c(-c2nc3c[n+](CC(=O)c4ccccc4)ccc3n2C)cc1OC.[Br-]. The molecule has 0 bridgehead atoms. The molecule has 2 aromatic carbocycles. The number of carbonyl (C=O) groups is 1. The Morgan fingerprint density at radius 2 is 1.62 bits per heavy atom. The number of ketones is 1. The molecule has 0 amide bonds. The van der Waals surface area contributed by atoms with Gasteiger partial charge in [0.15, 0.2) is 29.4 Å². The fourth-order valence-electron chi connectivity index (χ4n) is 3.62. The second-order valence-electron chi connectivity index (χ2n) is 7.08. The first-order valence-corrected chi connectivity index (χ1v) is 9.80. The van der Waals surface area contributed by atoms with E-state index in [0.717, 1.165) is 22.4 Å². The van der Waals surface area contributed by atoms with Gasteiger partial charge in [-0.15, -0.1) is 0 Å². The van der Waals surface area contributed by atoms with E-state index in [2.05, 4.69) is 0 Å². The molecule has 166 valence electrons. The largest absolute Gasteiger partial charge is 1.00 e. The van der Waals surface area contributed by atoms with Crippen molar-refractivity contribution in [3.05, 3.63) is 66.5 Å². The van der Waals surface area contributed by atoms with E-state index in [1.807, 2.05) is 71.0 Å². The zero-order valence-corrected chi connectivity index (χ0v) is 19.9. The Hall–Kier alpha value is -3.39. The van der Waals surface area contributed by atoms with Crippen molar-refractivity contribution in [1.82, 2.24) is 9.55 Å². The number of rotatable bonds is 7. The summed E-state index contributed by atoms with van der Waals surface area (Å²) in [5.74, 6) is 2.57. The van der Waals surface area contributed by atoms with E-state index in [9.17, 15) is 4.79 Å². The topological polar surface area (TPSA) is 66.5 Å². The molecular weight excluding hydrogens is 474 g/mol. The predicted molar refractivity (Wildman–Crippen MR) is 117 cm³/mol. The summed E-state index contributed by atoms with van der Waals surface area (Å²) in [6.07, 6.45) is 3.77. The third-order valence-corrected chi connectivity index (χ3v) is 5.25. The van der Waals surface area contributed by atoms with E-state index in [-0.39, 0.29) is 29.3 Å². The van der Waals surface area contributed by atoms with Gasteiger partial charge in [-0.3, -0.25) is 4.79 Å². The Balaban J connectivity index is 0.00000289. The molecule has 0 radical (unpaired) electrons. The molecule has 7 nitrogen and oxygen atoms in total. The number of hydrogen-bond donors (Lipinski definition) is 0. The average Bonchev–Trinajstić information content (AvgIpc) is 3.14. The third kappa shape index (κ3) is 4.31. The molecule has 0 aliphatic heterocycles. The highest BCUT2D eigenvalue weighted by molar-refractivity contribution is 5.95. The quantitative estimate of drug-likeness (QED) is 0.274. The van der Waals surface area contributed by atoms with Gasteiger partial charge in [0.25, 0.3) is 0 Å². The maximum atomic E-state index is 12.6. The van der Waals surface area contributed by atoms with E-state index in [4.69, 9.17) is 19.2 Å². The number of hydrogen-bond acceptors (Lipinski definition) is 5. The molecule has 4 rings (SSSR count). The number of methoxy groups -OCH3 is 3. The molecule has 0 saturated carbocycles. The lowest BCUT2D eigenvalue weighted by Crippen LogP contribution is -3.00. The van der Waals surface area contributed by atoms with E-state index < -0.39 is 0 Å². The summed E-state index contributed by atoms with van der Waals surface area (Å²) >= 11 is 0. The highest BCUT2D eigenvalue weighted by Crippen LogP contribution is 2.40. The number of benzene rings is 2. The molecule has 0 unspecified atom stereocenters. The van der Waals surface area contributed by atoms with Crippen molar-refractivity contribution in [2.75, 3.05) is 21.3 Å². The number of aryl methyl sites for hydroxylation is 1. The summed E-state index contributed by atoms with van der Waals surface area (Å²) in [6.45, 7) is 0.242. The van der Waals surface area contributed by atoms with Crippen LogP contribution in [0.5, 0.6) is 17.2 Å². The minimum absolute atomic E-state index is 0. The zero-order chi connectivity index (χ0) is 22.0. The van der Waals surface area contributed by atoms with Gasteiger partial charge in [-0.25, -0.2) is 4.98 Å². The number of Topliss-reactive ketones (excluding diaryl/α,β-unsaturated/α-hetero) is 1. The summed E-state index contributed by atoms with van der Waals surface area (Å²) < 4.78 is 20.3. The van der Waals surface area contributed by atoms with Crippen LogP contribution in [0.3, 0.4) is 0 Å². The van der Waals surface area contributed by atoms with Crippen molar-refractivity contribution in [3.63, 3.8) is 0 Å². The van der Waals surface area contributed by atoms with E-state index in [1.165, 1.54) is 0 Å². The van der Waals surface area contributed by atoms with Crippen LogP contribution in [0.25, 0.3) is 22.4 Å². The first-order chi connectivity index (χ1) is 15.0. The highest BCUT2D eigenvalue weighted by Gasteiger charge is 2.20. The first-order valence-electron chi connectivity index (χ1n) is 9.80. The fraction of sp³-hybridized carbons (Fsp3) is 0.208. The average molecular weight is 498 g/mol. The van der Waals surface area contributed by atoms with Crippen molar-refractivity contribution in [2.45, 2.75) is 6.54 Å². The lowest BCUT2D eigenvalue weighted by Gasteiger charge is -2.14. The number of halogens is 1. The molecule has 2 heterocycles. The van der Waals surface area contributed by atoms with Crippen LogP contribution in [0.1, 0.15) is 10.4 Å². The molecule has 0 fully saturated rings. The predicted octanol–water partition coefficient (Wildman–Crippen LogP) is 0.441. The van der Waals surface area contributed by atoms with Crippen LogP contribution in [0, 0.1) is 0 Å². The van der Waals surface area contributed by atoms with Gasteiger partial charge < -0.3 is 35.8 Å². The Kier molecular flexibility index (Phi) is 7.15. The molecule has 0 aliphatic rings. The van der Waals surface area contributed by atoms with Crippen molar-refractivity contribution < 1.29 is 40.6 Å². The van der Waals surface area contributed by atoms with Crippen LogP contribution < -0.4 is 35.8 Å². The molecule has 8 heteroatoms. The van der Waals surface area contributed by atoms with Gasteiger partial charge in [-0.05, 0) is 6.07 Å². The summed E-state index contributed by atoms with van der Waals surface area (Å²) in [4.78, 5) is 17.4. The highest BCUT2D eigenvalue weighted by atomic mass is 79.9. The number of ether oxygens (including phenoxy) is 3. The van der Waals surface area contributed by atoms with E-state index in [1.54, 1.807) is 27.4 Å². The number of nitrogens with zero attached hydrogens (tertiary/aromatic N) is 3. The number of carbonyl (C=O) groups excluding carboxylic acids is 1.